The average molecular weight is 255 g/mol. The van der Waals surface area contributed by atoms with Crippen LogP contribution in [0.15, 0.2) is 12.1 Å². The van der Waals surface area contributed by atoms with Crippen molar-refractivity contribution in [2.45, 2.75) is 19.4 Å². The van der Waals surface area contributed by atoms with E-state index in [1.54, 1.807) is 7.11 Å². The lowest BCUT2D eigenvalue weighted by atomic mass is 9.91. The fraction of sp³-hybridized carbons (Fsp3) is 0.538. The first-order valence-corrected chi connectivity index (χ1v) is 6.31. The minimum absolute atomic E-state index is 0.0163. The van der Waals surface area contributed by atoms with Gasteiger partial charge in [-0.15, -0.1) is 0 Å². The average Bonchev–Trinajstić information content (AvgIpc) is 2.80. The number of rotatable bonds is 3. The van der Waals surface area contributed by atoms with Crippen molar-refractivity contribution in [2.24, 2.45) is 11.7 Å². The van der Waals surface area contributed by atoms with Crippen LogP contribution in [0.4, 0.5) is 0 Å². The molecule has 1 saturated heterocycles. The van der Waals surface area contributed by atoms with Crippen molar-refractivity contribution in [1.82, 2.24) is 5.32 Å². The van der Waals surface area contributed by atoms with Crippen LogP contribution in [0.5, 0.6) is 5.75 Å². The SMILES string of the molecule is COc1c(C)cc(Cl)cc1C(N)C1CCNC1. The van der Waals surface area contributed by atoms with Crippen molar-refractivity contribution in [2.75, 3.05) is 20.2 Å². The Kier molecular flexibility index (Phi) is 3.92. The van der Waals surface area contributed by atoms with Crippen LogP contribution in [0.1, 0.15) is 23.6 Å². The van der Waals surface area contributed by atoms with E-state index in [0.29, 0.717) is 5.92 Å². The van der Waals surface area contributed by atoms with Gasteiger partial charge in [0.05, 0.1) is 7.11 Å². The second kappa shape index (κ2) is 5.25. The molecule has 3 N–H and O–H groups in total. The molecule has 0 aliphatic carbocycles. The van der Waals surface area contributed by atoms with Gasteiger partial charge >= 0.3 is 0 Å². The summed E-state index contributed by atoms with van der Waals surface area (Å²) in [6.07, 6.45) is 1.11. The van der Waals surface area contributed by atoms with E-state index >= 15 is 0 Å². The zero-order valence-corrected chi connectivity index (χ0v) is 11.1. The summed E-state index contributed by atoms with van der Waals surface area (Å²) in [5.74, 6) is 1.33. The molecule has 0 bridgehead atoms. The molecule has 2 atom stereocenters. The van der Waals surface area contributed by atoms with Crippen LogP contribution in [-0.4, -0.2) is 20.2 Å². The first-order chi connectivity index (χ1) is 8.13. The van der Waals surface area contributed by atoms with E-state index < -0.39 is 0 Å². The van der Waals surface area contributed by atoms with Crippen LogP contribution >= 0.6 is 11.6 Å². The summed E-state index contributed by atoms with van der Waals surface area (Å²) in [5, 5.41) is 4.06. The molecule has 2 rings (SSSR count). The normalized spacial score (nSPS) is 21.5. The van der Waals surface area contributed by atoms with Crippen LogP contribution in [0.25, 0.3) is 0 Å². The summed E-state index contributed by atoms with van der Waals surface area (Å²) >= 11 is 6.10. The van der Waals surface area contributed by atoms with E-state index in [-0.39, 0.29) is 6.04 Å². The molecule has 1 fully saturated rings. The number of nitrogens with one attached hydrogen (secondary N) is 1. The molecule has 2 unspecified atom stereocenters. The van der Waals surface area contributed by atoms with E-state index in [1.165, 1.54) is 0 Å². The first kappa shape index (κ1) is 12.7. The largest absolute Gasteiger partial charge is 0.496 e. The lowest BCUT2D eigenvalue weighted by Crippen LogP contribution is -2.24. The van der Waals surface area contributed by atoms with Crippen molar-refractivity contribution in [3.05, 3.63) is 28.3 Å². The fourth-order valence-electron chi connectivity index (χ4n) is 2.52. The van der Waals surface area contributed by atoms with Gasteiger partial charge in [0.1, 0.15) is 5.75 Å². The van der Waals surface area contributed by atoms with Crippen molar-refractivity contribution in [3.8, 4) is 5.75 Å². The molecule has 0 aromatic heterocycles. The van der Waals surface area contributed by atoms with Gasteiger partial charge in [-0.3, -0.25) is 0 Å². The van der Waals surface area contributed by atoms with Crippen molar-refractivity contribution >= 4 is 11.6 Å². The molecular weight excluding hydrogens is 236 g/mol. The van der Waals surface area contributed by atoms with Gasteiger partial charge in [0.25, 0.3) is 0 Å². The molecule has 1 aliphatic rings. The molecule has 1 heterocycles. The molecule has 1 aromatic carbocycles. The molecule has 17 heavy (non-hydrogen) atoms. The molecule has 1 aliphatic heterocycles. The standard InChI is InChI=1S/C13H19ClN2O/c1-8-5-10(14)6-11(13(8)17-2)12(15)9-3-4-16-7-9/h5-6,9,12,16H,3-4,7,15H2,1-2H3. The number of benzene rings is 1. The Bertz CT molecular complexity index is 403. The molecular formula is C13H19ClN2O. The summed E-state index contributed by atoms with van der Waals surface area (Å²) in [5.41, 5.74) is 8.39. The highest BCUT2D eigenvalue weighted by molar-refractivity contribution is 6.30. The van der Waals surface area contributed by atoms with Gasteiger partial charge in [-0.1, -0.05) is 11.6 Å². The van der Waals surface area contributed by atoms with Gasteiger partial charge < -0.3 is 15.8 Å². The van der Waals surface area contributed by atoms with Crippen LogP contribution in [0.3, 0.4) is 0 Å². The second-order valence-corrected chi connectivity index (χ2v) is 5.06. The number of hydrogen-bond acceptors (Lipinski definition) is 3. The molecule has 1 aromatic rings. The minimum atomic E-state index is -0.0163. The third kappa shape index (κ3) is 2.57. The third-order valence-corrected chi connectivity index (χ3v) is 3.66. The molecule has 0 amide bonds. The monoisotopic (exact) mass is 254 g/mol. The smallest absolute Gasteiger partial charge is 0.126 e. The van der Waals surface area contributed by atoms with Gasteiger partial charge in [-0.25, -0.2) is 0 Å². The number of nitrogens with two attached hydrogens (primary N) is 1. The van der Waals surface area contributed by atoms with Gasteiger partial charge in [0, 0.05) is 16.6 Å². The number of ether oxygens (including phenoxy) is 1. The predicted molar refractivity (Wildman–Crippen MR) is 70.6 cm³/mol. The zero-order valence-electron chi connectivity index (χ0n) is 10.3. The Morgan fingerprint density at radius 3 is 2.88 bits per heavy atom. The lowest BCUT2D eigenvalue weighted by Gasteiger charge is -2.22. The molecule has 0 saturated carbocycles. The van der Waals surface area contributed by atoms with Gasteiger partial charge in [-0.2, -0.15) is 0 Å². The summed E-state index contributed by atoms with van der Waals surface area (Å²) in [6, 6.07) is 3.82. The number of hydrogen-bond donors (Lipinski definition) is 2. The van der Waals surface area contributed by atoms with E-state index in [1.807, 2.05) is 19.1 Å². The van der Waals surface area contributed by atoms with Crippen LogP contribution in [0, 0.1) is 12.8 Å². The summed E-state index contributed by atoms with van der Waals surface area (Å²) in [4.78, 5) is 0. The zero-order chi connectivity index (χ0) is 12.4. The molecule has 4 heteroatoms. The van der Waals surface area contributed by atoms with E-state index in [4.69, 9.17) is 22.1 Å². The third-order valence-electron chi connectivity index (χ3n) is 3.44. The molecule has 3 nitrogen and oxygen atoms in total. The molecule has 94 valence electrons. The van der Waals surface area contributed by atoms with E-state index in [0.717, 1.165) is 41.4 Å². The van der Waals surface area contributed by atoms with E-state index in [2.05, 4.69) is 5.32 Å². The van der Waals surface area contributed by atoms with Crippen LogP contribution < -0.4 is 15.8 Å². The summed E-state index contributed by atoms with van der Waals surface area (Å²) < 4.78 is 5.45. The van der Waals surface area contributed by atoms with Crippen molar-refractivity contribution in [1.29, 1.82) is 0 Å². The number of methoxy groups -OCH3 is 1. The topological polar surface area (TPSA) is 47.3 Å². The highest BCUT2D eigenvalue weighted by atomic mass is 35.5. The quantitative estimate of drug-likeness (QED) is 0.870. The maximum atomic E-state index is 6.34. The highest BCUT2D eigenvalue weighted by Crippen LogP contribution is 2.35. The Labute approximate surface area is 107 Å². The minimum Gasteiger partial charge on any atom is -0.496 e. The number of aryl methyl sites for hydroxylation is 1. The maximum Gasteiger partial charge on any atom is 0.126 e. The number of halogens is 1. The highest BCUT2D eigenvalue weighted by Gasteiger charge is 2.26. The Morgan fingerprint density at radius 1 is 1.53 bits per heavy atom. The second-order valence-electron chi connectivity index (χ2n) is 4.62. The molecule has 0 spiro atoms. The maximum absolute atomic E-state index is 6.34. The fourth-order valence-corrected chi connectivity index (χ4v) is 2.80. The Hall–Kier alpha value is -0.770. The van der Waals surface area contributed by atoms with E-state index in [9.17, 15) is 0 Å². The predicted octanol–water partition coefficient (Wildman–Crippen LogP) is 2.27. The van der Waals surface area contributed by atoms with Gasteiger partial charge in [-0.05, 0) is 50.0 Å². The van der Waals surface area contributed by atoms with Crippen LogP contribution in [0.2, 0.25) is 5.02 Å². The van der Waals surface area contributed by atoms with Gasteiger partial charge in [0.15, 0.2) is 0 Å². The van der Waals surface area contributed by atoms with Crippen LogP contribution in [-0.2, 0) is 0 Å². The van der Waals surface area contributed by atoms with Crippen molar-refractivity contribution in [3.63, 3.8) is 0 Å². The summed E-state index contributed by atoms with van der Waals surface area (Å²) in [7, 11) is 1.68. The molecule has 0 radical (unpaired) electrons. The van der Waals surface area contributed by atoms with Crippen molar-refractivity contribution < 1.29 is 4.74 Å². The van der Waals surface area contributed by atoms with Gasteiger partial charge in [0.2, 0.25) is 0 Å². The lowest BCUT2D eigenvalue weighted by molar-refractivity contribution is 0.388. The Morgan fingerprint density at radius 2 is 2.29 bits per heavy atom. The first-order valence-electron chi connectivity index (χ1n) is 5.94. The summed E-state index contributed by atoms with van der Waals surface area (Å²) in [6.45, 7) is 4.00. The Balaban J connectivity index is 2.35.